The highest BCUT2D eigenvalue weighted by molar-refractivity contribution is 6.33. The molecule has 22 heavy (non-hydrogen) atoms. The van der Waals surface area contributed by atoms with Crippen LogP contribution in [0.4, 0.5) is 0 Å². The maximum Gasteiger partial charge on any atom is 0.253 e. The molecule has 0 aromatic heterocycles. The van der Waals surface area contributed by atoms with Crippen LogP contribution in [-0.4, -0.2) is 18.4 Å². The lowest BCUT2D eigenvalue weighted by Crippen LogP contribution is -2.36. The van der Waals surface area contributed by atoms with Crippen LogP contribution in [0, 0.1) is 6.92 Å². The molecule has 114 valence electrons. The number of benzene rings is 2. The molecule has 2 N–H and O–H groups in total. The zero-order valence-electron chi connectivity index (χ0n) is 12.2. The van der Waals surface area contributed by atoms with E-state index in [1.807, 2.05) is 31.2 Å². The van der Waals surface area contributed by atoms with Gasteiger partial charge >= 0.3 is 0 Å². The van der Waals surface area contributed by atoms with E-state index in [2.05, 4.69) is 10.6 Å². The second kappa shape index (κ2) is 7.61. The van der Waals surface area contributed by atoms with Gasteiger partial charge in [0.05, 0.1) is 17.1 Å². The van der Waals surface area contributed by atoms with Crippen LogP contribution >= 0.6 is 11.6 Å². The van der Waals surface area contributed by atoms with Gasteiger partial charge < -0.3 is 10.6 Å². The molecule has 0 fully saturated rings. The minimum absolute atomic E-state index is 0.0874. The van der Waals surface area contributed by atoms with Crippen LogP contribution in [0.2, 0.25) is 5.02 Å². The predicted octanol–water partition coefficient (Wildman–Crippen LogP) is 2.69. The van der Waals surface area contributed by atoms with Crippen molar-refractivity contribution in [1.29, 1.82) is 0 Å². The third kappa shape index (κ3) is 4.60. The molecule has 2 rings (SSSR count). The molecule has 0 aliphatic heterocycles. The first-order valence-electron chi connectivity index (χ1n) is 6.91. The molecular weight excluding hydrogens is 300 g/mol. The van der Waals surface area contributed by atoms with E-state index in [4.69, 9.17) is 11.6 Å². The van der Waals surface area contributed by atoms with Crippen molar-refractivity contribution in [3.63, 3.8) is 0 Å². The lowest BCUT2D eigenvalue weighted by molar-refractivity contribution is -0.120. The largest absolute Gasteiger partial charge is 0.350 e. The zero-order valence-corrected chi connectivity index (χ0v) is 13.0. The number of amides is 2. The average molecular weight is 317 g/mol. The molecule has 4 nitrogen and oxygen atoms in total. The fraction of sp³-hybridized carbons (Fsp3) is 0.176. The first-order chi connectivity index (χ1) is 10.6. The van der Waals surface area contributed by atoms with Gasteiger partial charge in [0.2, 0.25) is 5.91 Å². The SMILES string of the molecule is Cc1ccc(CNC(=O)CNC(=O)c2ccccc2Cl)cc1. The van der Waals surface area contributed by atoms with Crippen LogP contribution in [0.15, 0.2) is 48.5 Å². The fourth-order valence-electron chi connectivity index (χ4n) is 1.87. The van der Waals surface area contributed by atoms with Gasteiger partial charge in [0.25, 0.3) is 5.91 Å². The van der Waals surface area contributed by atoms with E-state index in [1.54, 1.807) is 24.3 Å². The molecule has 0 radical (unpaired) electrons. The summed E-state index contributed by atoms with van der Waals surface area (Å²) in [5.41, 5.74) is 2.54. The Morgan fingerprint density at radius 3 is 2.36 bits per heavy atom. The van der Waals surface area contributed by atoms with Crippen LogP contribution in [0.3, 0.4) is 0 Å². The van der Waals surface area contributed by atoms with Crippen LogP contribution in [0.25, 0.3) is 0 Å². The van der Waals surface area contributed by atoms with Crippen LogP contribution in [-0.2, 0) is 11.3 Å². The van der Waals surface area contributed by atoms with E-state index in [1.165, 1.54) is 5.56 Å². The first-order valence-corrected chi connectivity index (χ1v) is 7.29. The Balaban J connectivity index is 1.79. The summed E-state index contributed by atoms with van der Waals surface area (Å²) < 4.78 is 0. The van der Waals surface area contributed by atoms with E-state index >= 15 is 0 Å². The van der Waals surface area contributed by atoms with Crippen LogP contribution in [0.1, 0.15) is 21.5 Å². The number of carbonyl (C=O) groups excluding carboxylic acids is 2. The number of carbonyl (C=O) groups is 2. The molecule has 0 unspecified atom stereocenters. The van der Waals surface area contributed by atoms with Gasteiger partial charge in [-0.15, -0.1) is 0 Å². The third-order valence-corrected chi connectivity index (χ3v) is 3.47. The Kier molecular flexibility index (Phi) is 5.55. The van der Waals surface area contributed by atoms with E-state index in [0.29, 0.717) is 17.1 Å². The Morgan fingerprint density at radius 1 is 1.00 bits per heavy atom. The van der Waals surface area contributed by atoms with Crippen molar-refractivity contribution < 1.29 is 9.59 Å². The average Bonchev–Trinajstić information content (AvgIpc) is 2.52. The second-order valence-electron chi connectivity index (χ2n) is 4.92. The fourth-order valence-corrected chi connectivity index (χ4v) is 2.09. The van der Waals surface area contributed by atoms with Gasteiger partial charge in [-0.25, -0.2) is 0 Å². The highest BCUT2D eigenvalue weighted by Gasteiger charge is 2.10. The van der Waals surface area contributed by atoms with Gasteiger partial charge in [0.15, 0.2) is 0 Å². The number of halogens is 1. The number of nitrogens with one attached hydrogen (secondary N) is 2. The molecule has 2 amide bonds. The lowest BCUT2D eigenvalue weighted by Gasteiger charge is -2.08. The maximum absolute atomic E-state index is 11.9. The van der Waals surface area contributed by atoms with E-state index in [0.717, 1.165) is 5.56 Å². The van der Waals surface area contributed by atoms with E-state index in [-0.39, 0.29) is 18.4 Å². The summed E-state index contributed by atoms with van der Waals surface area (Å²) >= 11 is 5.93. The third-order valence-electron chi connectivity index (χ3n) is 3.14. The van der Waals surface area contributed by atoms with Crippen molar-refractivity contribution in [3.8, 4) is 0 Å². The summed E-state index contributed by atoms with van der Waals surface area (Å²) in [6.07, 6.45) is 0. The number of rotatable bonds is 5. The highest BCUT2D eigenvalue weighted by atomic mass is 35.5. The molecule has 0 aliphatic carbocycles. The normalized spacial score (nSPS) is 10.1. The van der Waals surface area contributed by atoms with Crippen LogP contribution in [0.5, 0.6) is 0 Å². The molecule has 0 atom stereocenters. The van der Waals surface area contributed by atoms with Crippen LogP contribution < -0.4 is 10.6 Å². The van der Waals surface area contributed by atoms with Crippen molar-refractivity contribution >= 4 is 23.4 Å². The van der Waals surface area contributed by atoms with Crippen molar-refractivity contribution in [2.75, 3.05) is 6.54 Å². The molecule has 5 heteroatoms. The predicted molar refractivity (Wildman–Crippen MR) is 86.8 cm³/mol. The summed E-state index contributed by atoms with van der Waals surface area (Å²) in [4.78, 5) is 23.7. The van der Waals surface area contributed by atoms with Gasteiger partial charge in [-0.3, -0.25) is 9.59 Å². The molecule has 0 saturated heterocycles. The molecule has 0 spiro atoms. The number of aryl methyl sites for hydroxylation is 1. The Bertz CT molecular complexity index is 669. The zero-order chi connectivity index (χ0) is 15.9. The Morgan fingerprint density at radius 2 is 1.68 bits per heavy atom. The molecule has 0 bridgehead atoms. The summed E-state index contributed by atoms with van der Waals surface area (Å²) in [5, 5.41) is 5.66. The quantitative estimate of drug-likeness (QED) is 0.891. The summed E-state index contributed by atoms with van der Waals surface area (Å²) in [6, 6.07) is 14.6. The van der Waals surface area contributed by atoms with E-state index in [9.17, 15) is 9.59 Å². The van der Waals surface area contributed by atoms with Gasteiger partial charge in [-0.2, -0.15) is 0 Å². The van der Waals surface area contributed by atoms with Crippen molar-refractivity contribution in [2.45, 2.75) is 13.5 Å². The highest BCUT2D eigenvalue weighted by Crippen LogP contribution is 2.14. The summed E-state index contributed by atoms with van der Waals surface area (Å²) in [6.45, 7) is 2.35. The summed E-state index contributed by atoms with van der Waals surface area (Å²) in [5.74, 6) is -0.614. The van der Waals surface area contributed by atoms with E-state index < -0.39 is 0 Å². The van der Waals surface area contributed by atoms with Crippen molar-refractivity contribution in [1.82, 2.24) is 10.6 Å². The monoisotopic (exact) mass is 316 g/mol. The minimum Gasteiger partial charge on any atom is -0.350 e. The smallest absolute Gasteiger partial charge is 0.253 e. The van der Waals surface area contributed by atoms with Gasteiger partial charge in [-0.05, 0) is 24.6 Å². The Hall–Kier alpha value is -2.33. The maximum atomic E-state index is 11.9. The minimum atomic E-state index is -0.365. The van der Waals surface area contributed by atoms with Gasteiger partial charge in [0, 0.05) is 6.54 Å². The molecule has 2 aromatic carbocycles. The Labute approximate surface area is 134 Å². The number of hydrogen-bond acceptors (Lipinski definition) is 2. The van der Waals surface area contributed by atoms with Crippen molar-refractivity contribution in [2.24, 2.45) is 0 Å². The number of hydrogen-bond donors (Lipinski definition) is 2. The van der Waals surface area contributed by atoms with Gasteiger partial charge in [-0.1, -0.05) is 53.6 Å². The lowest BCUT2D eigenvalue weighted by atomic mass is 10.1. The van der Waals surface area contributed by atoms with Gasteiger partial charge in [0.1, 0.15) is 0 Å². The second-order valence-corrected chi connectivity index (χ2v) is 5.33. The first kappa shape index (κ1) is 16.0. The molecule has 0 aliphatic rings. The standard InChI is InChI=1S/C17H17ClN2O2/c1-12-6-8-13(9-7-12)10-19-16(21)11-20-17(22)14-4-2-3-5-15(14)18/h2-9H,10-11H2,1H3,(H,19,21)(H,20,22). The topological polar surface area (TPSA) is 58.2 Å². The summed E-state index contributed by atoms with van der Waals surface area (Å²) in [7, 11) is 0. The molecule has 2 aromatic rings. The van der Waals surface area contributed by atoms with Crippen molar-refractivity contribution in [3.05, 3.63) is 70.2 Å². The molecule has 0 saturated carbocycles. The molecular formula is C17H17ClN2O2. The molecule has 0 heterocycles.